The van der Waals surface area contributed by atoms with Gasteiger partial charge in [0.1, 0.15) is 0 Å². The number of aromatic amines is 1. The van der Waals surface area contributed by atoms with Crippen molar-refractivity contribution in [3.63, 3.8) is 0 Å². The van der Waals surface area contributed by atoms with E-state index in [1.54, 1.807) is 6.20 Å². The molecule has 0 amide bonds. The monoisotopic (exact) mass is 371 g/mol. The maximum Gasteiger partial charge on any atom is 0.215 e. The molecule has 8 heteroatoms. The standard InChI is InChI=1S/C15H11F2N3S.2CH3F/c16-12-9-19-15(17)7-14(12)20-21-11-6-13(18-8-11)10-4-2-1-3-5-10;2*1-2/h1-9,18H,(H,19,20);2*1H3. The summed E-state index contributed by atoms with van der Waals surface area (Å²) in [5.74, 6) is -1.32. The number of rotatable bonds is 4. The van der Waals surface area contributed by atoms with E-state index in [-0.39, 0.29) is 5.69 Å². The summed E-state index contributed by atoms with van der Waals surface area (Å²) in [4.78, 5) is 7.25. The van der Waals surface area contributed by atoms with Crippen LogP contribution in [0.3, 0.4) is 0 Å². The molecular weight excluding hydrogens is 354 g/mol. The van der Waals surface area contributed by atoms with Gasteiger partial charge < -0.3 is 9.71 Å². The Bertz CT molecular complexity index is 751. The smallest absolute Gasteiger partial charge is 0.215 e. The number of aromatic nitrogens is 2. The van der Waals surface area contributed by atoms with E-state index in [2.05, 4.69) is 14.7 Å². The molecule has 0 atom stereocenters. The summed E-state index contributed by atoms with van der Waals surface area (Å²) < 4.78 is 48.2. The van der Waals surface area contributed by atoms with Crippen LogP contribution >= 0.6 is 11.9 Å². The molecule has 3 nitrogen and oxygen atoms in total. The predicted molar refractivity (Wildman–Crippen MR) is 93.9 cm³/mol. The van der Waals surface area contributed by atoms with Crippen LogP contribution in [0, 0.1) is 11.8 Å². The van der Waals surface area contributed by atoms with Gasteiger partial charge in [-0.1, -0.05) is 30.3 Å². The van der Waals surface area contributed by atoms with Crippen molar-refractivity contribution in [1.29, 1.82) is 0 Å². The Kier molecular flexibility index (Phi) is 9.16. The highest BCUT2D eigenvalue weighted by atomic mass is 32.2. The van der Waals surface area contributed by atoms with Gasteiger partial charge in [-0.25, -0.2) is 9.37 Å². The maximum atomic E-state index is 13.4. The van der Waals surface area contributed by atoms with E-state index in [1.807, 2.05) is 36.4 Å². The first kappa shape index (κ1) is 20.6. The fourth-order valence-electron chi connectivity index (χ4n) is 1.82. The van der Waals surface area contributed by atoms with Gasteiger partial charge in [0.2, 0.25) is 5.95 Å². The molecule has 25 heavy (non-hydrogen) atoms. The number of alkyl halides is 2. The molecule has 2 aromatic heterocycles. The predicted octanol–water partition coefficient (Wildman–Crippen LogP) is 5.65. The van der Waals surface area contributed by atoms with Crippen LogP contribution in [-0.2, 0) is 0 Å². The highest BCUT2D eigenvalue weighted by Crippen LogP contribution is 2.27. The normalized spacial score (nSPS) is 9.36. The van der Waals surface area contributed by atoms with Crippen LogP contribution in [0.2, 0.25) is 0 Å². The zero-order valence-corrected chi connectivity index (χ0v) is 14.4. The number of pyridine rings is 1. The van der Waals surface area contributed by atoms with Crippen molar-refractivity contribution in [3.8, 4) is 11.3 Å². The Morgan fingerprint density at radius 1 is 1.00 bits per heavy atom. The van der Waals surface area contributed by atoms with Gasteiger partial charge in [0.05, 0.1) is 26.2 Å². The number of H-pyrrole nitrogens is 1. The summed E-state index contributed by atoms with van der Waals surface area (Å²) in [7, 11) is 1.00. The van der Waals surface area contributed by atoms with Crippen LogP contribution in [0.15, 0.2) is 59.8 Å². The summed E-state index contributed by atoms with van der Waals surface area (Å²) in [6.07, 6.45) is 2.65. The van der Waals surface area contributed by atoms with Gasteiger partial charge in [0.15, 0.2) is 5.82 Å². The van der Waals surface area contributed by atoms with E-state index in [9.17, 15) is 17.6 Å². The second-order valence-corrected chi connectivity index (χ2v) is 5.19. The molecule has 0 bridgehead atoms. The molecule has 0 radical (unpaired) electrons. The minimum absolute atomic E-state index is 0.0648. The van der Waals surface area contributed by atoms with Crippen LogP contribution in [0.1, 0.15) is 0 Å². The lowest BCUT2D eigenvalue weighted by Crippen LogP contribution is -1.93. The zero-order chi connectivity index (χ0) is 18.7. The van der Waals surface area contributed by atoms with Gasteiger partial charge >= 0.3 is 0 Å². The Morgan fingerprint density at radius 2 is 1.68 bits per heavy atom. The second-order valence-electron chi connectivity index (χ2n) is 4.31. The molecule has 0 fully saturated rings. The fourth-order valence-corrected chi connectivity index (χ4v) is 2.50. The van der Waals surface area contributed by atoms with E-state index in [0.29, 0.717) is 14.4 Å². The number of halogens is 4. The summed E-state index contributed by atoms with van der Waals surface area (Å²) in [5.41, 5.74) is 2.08. The summed E-state index contributed by atoms with van der Waals surface area (Å²) in [6.45, 7) is 0. The summed E-state index contributed by atoms with van der Waals surface area (Å²) >= 11 is 1.20. The lowest BCUT2D eigenvalue weighted by Gasteiger charge is -2.04. The molecule has 0 aliphatic carbocycles. The van der Waals surface area contributed by atoms with Crippen LogP contribution < -0.4 is 4.72 Å². The first-order chi connectivity index (χ1) is 12.2. The van der Waals surface area contributed by atoms with Crippen molar-refractivity contribution in [1.82, 2.24) is 9.97 Å². The lowest BCUT2D eigenvalue weighted by molar-refractivity contribution is 0.563. The van der Waals surface area contributed by atoms with E-state index in [0.717, 1.165) is 28.4 Å². The first-order valence-corrected chi connectivity index (χ1v) is 7.77. The number of nitrogens with zero attached hydrogens (tertiary/aromatic N) is 1. The molecule has 0 aliphatic rings. The maximum absolute atomic E-state index is 13.4. The minimum Gasteiger partial charge on any atom is -0.360 e. The van der Waals surface area contributed by atoms with Crippen molar-refractivity contribution in [2.24, 2.45) is 0 Å². The van der Waals surface area contributed by atoms with E-state index < -0.39 is 11.8 Å². The molecular formula is C17H17F4N3S. The third kappa shape index (κ3) is 6.15. The van der Waals surface area contributed by atoms with Crippen molar-refractivity contribution in [2.45, 2.75) is 4.90 Å². The topological polar surface area (TPSA) is 40.7 Å². The third-order valence-corrected chi connectivity index (χ3v) is 3.64. The first-order valence-electron chi connectivity index (χ1n) is 6.96. The average Bonchev–Trinajstić information content (AvgIpc) is 3.15. The lowest BCUT2D eigenvalue weighted by atomic mass is 10.2. The Labute approximate surface area is 147 Å². The highest BCUT2D eigenvalue weighted by molar-refractivity contribution is 8.00. The molecule has 2 heterocycles. The molecule has 1 aromatic carbocycles. The molecule has 0 spiro atoms. The summed E-state index contributed by atoms with van der Waals surface area (Å²) in [6, 6.07) is 12.8. The second kappa shape index (κ2) is 11.1. The van der Waals surface area contributed by atoms with Gasteiger partial charge in [-0.2, -0.15) is 4.39 Å². The van der Waals surface area contributed by atoms with E-state index >= 15 is 0 Å². The number of nitrogens with one attached hydrogen (secondary N) is 2. The SMILES string of the molecule is CF.CF.Fc1cc(NSc2c[nH]c(-c3ccccc3)c2)c(F)cn1. The largest absolute Gasteiger partial charge is 0.360 e. The Morgan fingerprint density at radius 3 is 2.36 bits per heavy atom. The van der Waals surface area contributed by atoms with E-state index in [1.165, 1.54) is 11.9 Å². The Balaban J connectivity index is 0.000000730. The molecule has 2 N–H and O–H groups in total. The minimum atomic E-state index is -0.724. The van der Waals surface area contributed by atoms with Gasteiger partial charge in [-0.05, 0) is 23.6 Å². The van der Waals surface area contributed by atoms with Gasteiger partial charge in [0, 0.05) is 22.9 Å². The molecule has 0 unspecified atom stereocenters. The highest BCUT2D eigenvalue weighted by Gasteiger charge is 2.07. The van der Waals surface area contributed by atoms with Crippen LogP contribution in [-0.4, -0.2) is 24.3 Å². The number of benzene rings is 1. The van der Waals surface area contributed by atoms with Gasteiger partial charge in [-0.15, -0.1) is 0 Å². The van der Waals surface area contributed by atoms with Crippen LogP contribution in [0.5, 0.6) is 0 Å². The van der Waals surface area contributed by atoms with Gasteiger partial charge in [0.25, 0.3) is 0 Å². The number of hydrogen-bond acceptors (Lipinski definition) is 3. The van der Waals surface area contributed by atoms with Crippen molar-refractivity contribution in [2.75, 3.05) is 19.1 Å². The number of anilines is 1. The molecule has 0 saturated heterocycles. The van der Waals surface area contributed by atoms with E-state index in [4.69, 9.17) is 0 Å². The molecule has 134 valence electrons. The fraction of sp³-hybridized carbons (Fsp3) is 0.118. The molecule has 0 saturated carbocycles. The number of hydrogen-bond donors (Lipinski definition) is 2. The average molecular weight is 371 g/mol. The van der Waals surface area contributed by atoms with Gasteiger partial charge in [-0.3, -0.25) is 8.78 Å². The van der Waals surface area contributed by atoms with Crippen LogP contribution in [0.4, 0.5) is 23.2 Å². The Hall–Kier alpha value is -2.48. The molecule has 0 aliphatic heterocycles. The molecule has 3 aromatic rings. The van der Waals surface area contributed by atoms with Crippen LogP contribution in [0.25, 0.3) is 11.3 Å². The van der Waals surface area contributed by atoms with Crippen molar-refractivity contribution < 1.29 is 17.6 Å². The quantitative estimate of drug-likeness (QED) is 0.354. The zero-order valence-electron chi connectivity index (χ0n) is 13.6. The third-order valence-electron chi connectivity index (χ3n) is 2.84. The summed E-state index contributed by atoms with van der Waals surface area (Å²) in [5, 5.41) is 0. The van der Waals surface area contributed by atoms with Crippen molar-refractivity contribution in [3.05, 3.63) is 66.6 Å². The van der Waals surface area contributed by atoms with Crippen molar-refractivity contribution >= 4 is 17.6 Å². The molecule has 3 rings (SSSR count).